The summed E-state index contributed by atoms with van der Waals surface area (Å²) in [6.45, 7) is 4.19. The molecule has 0 radical (unpaired) electrons. The lowest BCUT2D eigenvalue weighted by atomic mass is 9.72. The van der Waals surface area contributed by atoms with Gasteiger partial charge in [0.05, 0.1) is 12.2 Å². The van der Waals surface area contributed by atoms with Gasteiger partial charge in [0.2, 0.25) is 0 Å². The summed E-state index contributed by atoms with van der Waals surface area (Å²) in [7, 11) is 1.60. The van der Waals surface area contributed by atoms with E-state index in [1.54, 1.807) is 7.11 Å². The van der Waals surface area contributed by atoms with E-state index >= 15 is 0 Å². The third-order valence-corrected chi connectivity index (χ3v) is 4.83. The third-order valence-electron chi connectivity index (χ3n) is 4.83. The highest BCUT2D eigenvalue weighted by Crippen LogP contribution is 2.44. The summed E-state index contributed by atoms with van der Waals surface area (Å²) in [6.07, 6.45) is -3.09. The van der Waals surface area contributed by atoms with E-state index in [0.29, 0.717) is 6.42 Å². The summed E-state index contributed by atoms with van der Waals surface area (Å²) in [5.41, 5.74) is 8.31. The van der Waals surface area contributed by atoms with Crippen LogP contribution in [0.2, 0.25) is 0 Å². The predicted molar refractivity (Wildman–Crippen MR) is 77.8 cm³/mol. The van der Waals surface area contributed by atoms with Crippen LogP contribution in [0.25, 0.3) is 10.4 Å². The molecule has 0 amide bonds. The molecule has 0 bridgehead atoms. The van der Waals surface area contributed by atoms with Crippen LogP contribution in [0.3, 0.4) is 0 Å². The van der Waals surface area contributed by atoms with Gasteiger partial charge in [-0.15, -0.1) is 0 Å². The summed E-state index contributed by atoms with van der Waals surface area (Å²) in [5, 5.41) is 3.65. The van der Waals surface area contributed by atoms with Crippen molar-refractivity contribution in [1.29, 1.82) is 0 Å². The van der Waals surface area contributed by atoms with Crippen LogP contribution in [-0.2, 0) is 28.4 Å². The first-order valence-electron chi connectivity index (χ1n) is 7.76. The third kappa shape index (κ3) is 3.03. The molecule has 0 aromatic heterocycles. The Hall–Kier alpha value is -1.58. The number of nitrogens with zero attached hydrogens (tertiary/aromatic N) is 3. The zero-order valence-corrected chi connectivity index (χ0v) is 13.8. The minimum Gasteiger partial charge on any atom is -0.430 e. The first-order chi connectivity index (χ1) is 11.5. The molecule has 10 nitrogen and oxygen atoms in total. The molecule has 3 fully saturated rings. The molecule has 6 atom stereocenters. The van der Waals surface area contributed by atoms with Crippen molar-refractivity contribution in [3.8, 4) is 0 Å². The van der Waals surface area contributed by atoms with E-state index in [4.69, 9.17) is 34.0 Å². The Morgan fingerprint density at radius 3 is 2.79 bits per heavy atom. The maximum Gasteiger partial charge on any atom is 0.508 e. The molecule has 0 saturated carbocycles. The van der Waals surface area contributed by atoms with E-state index < -0.39 is 30.0 Å². The summed E-state index contributed by atoms with van der Waals surface area (Å²) in [5.74, 6) is 0. The van der Waals surface area contributed by atoms with Crippen molar-refractivity contribution >= 4 is 6.16 Å². The molecule has 3 aliphatic rings. The van der Waals surface area contributed by atoms with E-state index in [1.165, 1.54) is 0 Å². The van der Waals surface area contributed by atoms with Crippen LogP contribution in [-0.4, -0.2) is 63.4 Å². The lowest BCUT2D eigenvalue weighted by Gasteiger charge is -2.53. The Bertz CT molecular complexity index is 536. The van der Waals surface area contributed by atoms with Crippen molar-refractivity contribution in [2.24, 2.45) is 10.5 Å². The van der Waals surface area contributed by atoms with Gasteiger partial charge in [-0.05, 0) is 5.53 Å². The van der Waals surface area contributed by atoms with Crippen LogP contribution in [0.1, 0.15) is 20.3 Å². The number of carbonyl (C=O) groups is 1. The van der Waals surface area contributed by atoms with E-state index in [0.717, 1.165) is 0 Å². The maximum atomic E-state index is 11.1. The molecule has 134 valence electrons. The van der Waals surface area contributed by atoms with Gasteiger partial charge in [-0.2, -0.15) is 0 Å². The van der Waals surface area contributed by atoms with Crippen LogP contribution in [0.5, 0.6) is 0 Å². The number of cyclic esters (lactones) is 2. The molecular weight excluding hydrogens is 322 g/mol. The Morgan fingerprint density at radius 1 is 1.38 bits per heavy atom. The van der Waals surface area contributed by atoms with Crippen molar-refractivity contribution in [2.45, 2.75) is 57.0 Å². The number of hydrogen-bond acceptors (Lipinski definition) is 8. The first kappa shape index (κ1) is 17.2. The molecule has 0 aromatic carbocycles. The number of ether oxygens (including phenoxy) is 6. The number of fused-ring (bicyclic) bond motifs is 1. The Morgan fingerprint density at radius 2 is 2.17 bits per heavy atom. The summed E-state index contributed by atoms with van der Waals surface area (Å²) in [4.78, 5) is 13.9. The SMILES string of the molecule is CO[C@H]1[C@@H]2OCO[C@@H](N=[N+]=[N-])[C@@H]2O[C@@H](C[C@@H]2COC(=O)O2)C1(C)C. The van der Waals surface area contributed by atoms with Gasteiger partial charge in [0.15, 0.2) is 6.23 Å². The van der Waals surface area contributed by atoms with Crippen molar-refractivity contribution in [1.82, 2.24) is 0 Å². The van der Waals surface area contributed by atoms with Gasteiger partial charge in [-0.3, -0.25) is 0 Å². The second-order valence-electron chi connectivity index (χ2n) is 6.61. The fourth-order valence-corrected chi connectivity index (χ4v) is 3.58. The van der Waals surface area contributed by atoms with Gasteiger partial charge in [0.25, 0.3) is 0 Å². The molecule has 3 saturated heterocycles. The zero-order chi connectivity index (χ0) is 17.3. The molecule has 0 spiro atoms. The second kappa shape index (κ2) is 6.73. The zero-order valence-electron chi connectivity index (χ0n) is 13.8. The molecule has 10 heteroatoms. The molecule has 24 heavy (non-hydrogen) atoms. The Labute approximate surface area is 138 Å². The second-order valence-corrected chi connectivity index (χ2v) is 6.61. The number of azide groups is 1. The van der Waals surface area contributed by atoms with E-state index in [-0.39, 0.29) is 31.7 Å². The normalized spacial score (nSPS) is 40.9. The first-order valence-corrected chi connectivity index (χ1v) is 7.76. The standard InChI is InChI=1S/C14H21N3O7/c1-14(2)8(4-7-5-20-13(18)23-7)24-10-9(11(14)19-3)21-6-22-12(10)16-17-15/h7-12H,4-6H2,1-3H3/t7-,8+,9-,10-,11+,12-/m1/s1. The molecule has 0 unspecified atom stereocenters. The van der Waals surface area contributed by atoms with E-state index in [2.05, 4.69) is 10.0 Å². The Balaban J connectivity index is 1.82. The molecular formula is C14H21N3O7. The van der Waals surface area contributed by atoms with E-state index in [9.17, 15) is 4.79 Å². The van der Waals surface area contributed by atoms with Crippen molar-refractivity contribution < 1.29 is 33.2 Å². The summed E-state index contributed by atoms with van der Waals surface area (Å²) < 4.78 is 32.8. The van der Waals surface area contributed by atoms with Gasteiger partial charge in [-0.25, -0.2) is 4.79 Å². The molecule has 3 rings (SSSR count). The molecule has 3 heterocycles. The number of rotatable bonds is 4. The highest BCUT2D eigenvalue weighted by Gasteiger charge is 2.56. The minimum absolute atomic E-state index is 0.00287. The molecule has 3 aliphatic heterocycles. The van der Waals surface area contributed by atoms with Gasteiger partial charge in [-0.1, -0.05) is 19.0 Å². The smallest absolute Gasteiger partial charge is 0.430 e. The largest absolute Gasteiger partial charge is 0.508 e. The molecule has 0 N–H and O–H groups in total. The lowest BCUT2D eigenvalue weighted by Crippen LogP contribution is -2.65. The van der Waals surface area contributed by atoms with Crippen LogP contribution >= 0.6 is 0 Å². The van der Waals surface area contributed by atoms with Gasteiger partial charge in [0, 0.05) is 23.9 Å². The number of hydrogen-bond donors (Lipinski definition) is 0. The van der Waals surface area contributed by atoms with Crippen LogP contribution in [0.15, 0.2) is 5.11 Å². The summed E-state index contributed by atoms with van der Waals surface area (Å²) in [6, 6.07) is 0. The maximum absolute atomic E-state index is 11.1. The lowest BCUT2D eigenvalue weighted by molar-refractivity contribution is -0.327. The van der Waals surface area contributed by atoms with Gasteiger partial charge in [0.1, 0.15) is 31.7 Å². The number of carbonyl (C=O) groups excluding carboxylic acids is 1. The average Bonchev–Trinajstić information content (AvgIpc) is 2.94. The fraction of sp³-hybridized carbons (Fsp3) is 0.929. The van der Waals surface area contributed by atoms with E-state index in [1.807, 2.05) is 13.8 Å². The topological polar surface area (TPSA) is 121 Å². The van der Waals surface area contributed by atoms with Crippen LogP contribution in [0, 0.1) is 5.41 Å². The summed E-state index contributed by atoms with van der Waals surface area (Å²) >= 11 is 0. The minimum atomic E-state index is -0.799. The van der Waals surface area contributed by atoms with Gasteiger partial charge < -0.3 is 28.4 Å². The van der Waals surface area contributed by atoms with Gasteiger partial charge >= 0.3 is 6.16 Å². The highest BCUT2D eigenvalue weighted by molar-refractivity contribution is 5.61. The van der Waals surface area contributed by atoms with Crippen LogP contribution in [0.4, 0.5) is 4.79 Å². The molecule has 0 aliphatic carbocycles. The predicted octanol–water partition coefficient (Wildman–Crippen LogP) is 1.73. The highest BCUT2D eigenvalue weighted by atomic mass is 16.8. The van der Waals surface area contributed by atoms with Crippen LogP contribution < -0.4 is 0 Å². The van der Waals surface area contributed by atoms with Crippen molar-refractivity contribution in [3.63, 3.8) is 0 Å². The fourth-order valence-electron chi connectivity index (χ4n) is 3.58. The average molecular weight is 343 g/mol. The molecule has 0 aromatic rings. The monoisotopic (exact) mass is 343 g/mol. The van der Waals surface area contributed by atoms with Crippen molar-refractivity contribution in [3.05, 3.63) is 10.4 Å². The quantitative estimate of drug-likeness (QED) is 0.330. The Kier molecular flexibility index (Phi) is 4.84. The van der Waals surface area contributed by atoms with Crippen molar-refractivity contribution in [2.75, 3.05) is 20.5 Å². The number of methoxy groups -OCH3 is 1.